The summed E-state index contributed by atoms with van der Waals surface area (Å²) in [6, 6.07) is 8.47. The van der Waals surface area contributed by atoms with E-state index < -0.39 is 0 Å². The predicted octanol–water partition coefficient (Wildman–Crippen LogP) is 2.87. The minimum atomic E-state index is 0.327. The molecular formula is C17H28N2O. The van der Waals surface area contributed by atoms with Gasteiger partial charge in [0.1, 0.15) is 11.9 Å². The van der Waals surface area contributed by atoms with E-state index in [4.69, 9.17) is 4.74 Å². The first-order chi connectivity index (χ1) is 9.80. The lowest BCUT2D eigenvalue weighted by Gasteiger charge is -2.21. The first-order valence-electron chi connectivity index (χ1n) is 7.98. The van der Waals surface area contributed by atoms with Crippen molar-refractivity contribution >= 4 is 0 Å². The third-order valence-electron chi connectivity index (χ3n) is 4.31. The van der Waals surface area contributed by atoms with Crippen LogP contribution in [0.25, 0.3) is 0 Å². The third kappa shape index (κ3) is 3.53. The molecule has 1 aromatic rings. The first-order valence-corrected chi connectivity index (χ1v) is 7.98. The van der Waals surface area contributed by atoms with Crippen LogP contribution in [-0.2, 0) is 0 Å². The molecule has 2 rings (SSSR count). The van der Waals surface area contributed by atoms with E-state index in [1.54, 1.807) is 0 Å². The van der Waals surface area contributed by atoms with E-state index in [0.29, 0.717) is 12.0 Å². The molecule has 1 N–H and O–H groups in total. The highest BCUT2D eigenvalue weighted by molar-refractivity contribution is 5.41. The Morgan fingerprint density at radius 1 is 1.15 bits per heavy atom. The summed E-state index contributed by atoms with van der Waals surface area (Å²) >= 11 is 0. The van der Waals surface area contributed by atoms with Gasteiger partial charge in [0, 0.05) is 31.1 Å². The Hall–Kier alpha value is -1.06. The lowest BCUT2D eigenvalue weighted by atomic mass is 9.94. The highest BCUT2D eigenvalue weighted by Crippen LogP contribution is 2.38. The first kappa shape index (κ1) is 15.3. The Morgan fingerprint density at radius 3 is 2.60 bits per heavy atom. The van der Waals surface area contributed by atoms with Crippen molar-refractivity contribution in [3.05, 3.63) is 29.8 Å². The van der Waals surface area contributed by atoms with Crippen LogP contribution in [0, 0.1) is 0 Å². The van der Waals surface area contributed by atoms with Crippen LogP contribution in [0.4, 0.5) is 0 Å². The summed E-state index contributed by atoms with van der Waals surface area (Å²) in [6.45, 7) is 12.1. The summed E-state index contributed by atoms with van der Waals surface area (Å²) in [5.74, 6) is 1.57. The number of nitrogens with one attached hydrogen (secondary N) is 1. The zero-order valence-corrected chi connectivity index (χ0v) is 13.1. The zero-order chi connectivity index (χ0) is 14.4. The van der Waals surface area contributed by atoms with E-state index in [9.17, 15) is 0 Å². The van der Waals surface area contributed by atoms with Gasteiger partial charge in [-0.3, -0.25) is 0 Å². The number of ether oxygens (including phenoxy) is 1. The van der Waals surface area contributed by atoms with Gasteiger partial charge in [-0.2, -0.15) is 0 Å². The summed E-state index contributed by atoms with van der Waals surface area (Å²) in [5, 5.41) is 3.61. The molecule has 0 saturated carbocycles. The van der Waals surface area contributed by atoms with Crippen LogP contribution in [0.2, 0.25) is 0 Å². The van der Waals surface area contributed by atoms with Crippen molar-refractivity contribution in [2.45, 2.75) is 39.2 Å². The summed E-state index contributed by atoms with van der Waals surface area (Å²) in [6.07, 6.45) is 1.39. The third-order valence-corrected chi connectivity index (χ3v) is 4.31. The molecule has 0 spiro atoms. The lowest BCUT2D eigenvalue weighted by Crippen LogP contribution is -2.35. The van der Waals surface area contributed by atoms with Crippen LogP contribution in [-0.4, -0.2) is 43.7 Å². The van der Waals surface area contributed by atoms with E-state index in [2.05, 4.69) is 55.3 Å². The number of nitrogens with zero attached hydrogens (tertiary/aromatic N) is 1. The molecule has 0 amide bonds. The molecule has 112 valence electrons. The maximum absolute atomic E-state index is 6.04. The van der Waals surface area contributed by atoms with Gasteiger partial charge in [0.05, 0.1) is 0 Å². The van der Waals surface area contributed by atoms with Crippen LogP contribution in [0.15, 0.2) is 24.3 Å². The van der Waals surface area contributed by atoms with Crippen LogP contribution in [0.1, 0.15) is 38.7 Å². The molecule has 3 nitrogen and oxygen atoms in total. The fourth-order valence-corrected chi connectivity index (χ4v) is 2.98. The Kier molecular flexibility index (Phi) is 5.86. The molecule has 20 heavy (non-hydrogen) atoms. The number of hydrogen-bond acceptors (Lipinski definition) is 3. The molecule has 3 heteroatoms. The van der Waals surface area contributed by atoms with Gasteiger partial charge in [-0.1, -0.05) is 39.0 Å². The topological polar surface area (TPSA) is 24.5 Å². The zero-order valence-electron chi connectivity index (χ0n) is 13.1. The second-order valence-electron chi connectivity index (χ2n) is 5.44. The quantitative estimate of drug-likeness (QED) is 0.739. The van der Waals surface area contributed by atoms with Gasteiger partial charge in [-0.15, -0.1) is 0 Å². The van der Waals surface area contributed by atoms with Crippen molar-refractivity contribution in [1.82, 2.24) is 10.2 Å². The minimum absolute atomic E-state index is 0.327. The van der Waals surface area contributed by atoms with Crippen LogP contribution < -0.4 is 10.1 Å². The lowest BCUT2D eigenvalue weighted by molar-refractivity contribution is 0.197. The summed E-state index contributed by atoms with van der Waals surface area (Å²) < 4.78 is 6.04. The minimum Gasteiger partial charge on any atom is -0.489 e. The molecule has 0 radical (unpaired) electrons. The molecule has 0 saturated heterocycles. The molecule has 1 aliphatic rings. The highest BCUT2D eigenvalue weighted by atomic mass is 16.5. The number of rotatable bonds is 8. The molecule has 0 aliphatic carbocycles. The van der Waals surface area contributed by atoms with Gasteiger partial charge in [0.25, 0.3) is 0 Å². The normalized spacial score (nSPS) is 21.0. The Bertz CT molecular complexity index is 404. The van der Waals surface area contributed by atoms with Crippen LogP contribution in [0.5, 0.6) is 5.75 Å². The van der Waals surface area contributed by atoms with E-state index in [1.807, 2.05) is 0 Å². The molecule has 2 unspecified atom stereocenters. The van der Waals surface area contributed by atoms with Crippen molar-refractivity contribution in [2.75, 3.05) is 32.7 Å². The van der Waals surface area contributed by atoms with Gasteiger partial charge in [0.2, 0.25) is 0 Å². The highest BCUT2D eigenvalue weighted by Gasteiger charge is 2.32. The van der Waals surface area contributed by atoms with Crippen LogP contribution >= 0.6 is 0 Å². The van der Waals surface area contributed by atoms with Crippen LogP contribution in [0.3, 0.4) is 0 Å². The molecular weight excluding hydrogens is 248 g/mol. The molecule has 1 heterocycles. The largest absolute Gasteiger partial charge is 0.489 e. The molecule has 1 aliphatic heterocycles. The second-order valence-corrected chi connectivity index (χ2v) is 5.44. The summed E-state index contributed by atoms with van der Waals surface area (Å²) in [4.78, 5) is 2.45. The predicted molar refractivity (Wildman–Crippen MR) is 84.5 cm³/mol. The van der Waals surface area contributed by atoms with Crippen molar-refractivity contribution in [3.8, 4) is 5.75 Å². The Balaban J connectivity index is 1.85. The molecule has 0 fully saturated rings. The average Bonchev–Trinajstić information content (AvgIpc) is 2.85. The number of fused-ring (bicyclic) bond motifs is 1. The maximum Gasteiger partial charge on any atom is 0.123 e. The number of likely N-dealkylation sites (N-methyl/N-ethyl adjacent to an activating group) is 1. The number of benzene rings is 1. The average molecular weight is 276 g/mol. The molecule has 0 bridgehead atoms. The van der Waals surface area contributed by atoms with Crippen molar-refractivity contribution < 1.29 is 4.74 Å². The van der Waals surface area contributed by atoms with E-state index >= 15 is 0 Å². The number of hydrogen-bond donors (Lipinski definition) is 1. The number of para-hydroxylation sites is 1. The fourth-order valence-electron chi connectivity index (χ4n) is 2.98. The summed E-state index contributed by atoms with van der Waals surface area (Å²) in [5.41, 5.74) is 1.37. The Morgan fingerprint density at radius 2 is 1.90 bits per heavy atom. The molecule has 2 atom stereocenters. The molecule has 1 aromatic carbocycles. The Labute approximate surface area is 123 Å². The van der Waals surface area contributed by atoms with Crippen molar-refractivity contribution in [3.63, 3.8) is 0 Å². The second kappa shape index (κ2) is 7.65. The van der Waals surface area contributed by atoms with Crippen molar-refractivity contribution in [1.29, 1.82) is 0 Å². The maximum atomic E-state index is 6.04. The van der Waals surface area contributed by atoms with Gasteiger partial charge < -0.3 is 15.0 Å². The van der Waals surface area contributed by atoms with Gasteiger partial charge >= 0.3 is 0 Å². The van der Waals surface area contributed by atoms with E-state index in [-0.39, 0.29) is 0 Å². The van der Waals surface area contributed by atoms with E-state index in [1.165, 1.54) is 5.56 Å². The fraction of sp³-hybridized carbons (Fsp3) is 0.647. The SMILES string of the molecule is CCC1Oc2ccccc2C1CNCCN(CC)CC. The van der Waals surface area contributed by atoms with Gasteiger partial charge in [0.15, 0.2) is 0 Å². The van der Waals surface area contributed by atoms with Gasteiger partial charge in [-0.05, 0) is 25.6 Å². The molecule has 0 aromatic heterocycles. The smallest absolute Gasteiger partial charge is 0.123 e. The van der Waals surface area contributed by atoms with Gasteiger partial charge in [-0.25, -0.2) is 0 Å². The van der Waals surface area contributed by atoms with Crippen molar-refractivity contribution in [2.24, 2.45) is 0 Å². The standard InChI is InChI=1S/C17H28N2O/c1-4-16-15(13-18-11-12-19(5-2)6-3)14-9-7-8-10-17(14)20-16/h7-10,15-16,18H,4-6,11-13H2,1-3H3. The monoisotopic (exact) mass is 276 g/mol. The summed E-state index contributed by atoms with van der Waals surface area (Å²) in [7, 11) is 0. The van der Waals surface area contributed by atoms with E-state index in [0.717, 1.165) is 44.9 Å².